The second-order valence-corrected chi connectivity index (χ2v) is 4.73. The van der Waals surface area contributed by atoms with Crippen molar-refractivity contribution in [1.82, 2.24) is 15.0 Å². The predicted molar refractivity (Wildman–Crippen MR) is 70.5 cm³/mol. The number of carbonyl (C=O) groups is 1. The van der Waals surface area contributed by atoms with E-state index in [1.165, 1.54) is 0 Å². The van der Waals surface area contributed by atoms with Gasteiger partial charge >= 0.3 is 5.91 Å². The minimum atomic E-state index is -0.427. The topological polar surface area (TPSA) is 86.1 Å². The average molecular weight is 262 g/mol. The third-order valence-electron chi connectivity index (χ3n) is 2.98. The molecule has 6 nitrogen and oxygen atoms in total. The van der Waals surface area contributed by atoms with E-state index in [0.29, 0.717) is 18.2 Å². The first-order valence-electron chi connectivity index (χ1n) is 6.14. The number of hydrazine groups is 1. The SMILES string of the molecule is Cc1oc(C(=O)NN)cc1Cn1ccnc1C(C)C. The Hall–Kier alpha value is -2.08. The number of rotatable bonds is 4. The highest BCUT2D eigenvalue weighted by Gasteiger charge is 2.15. The largest absolute Gasteiger partial charge is 0.456 e. The molecule has 1 amide bonds. The number of furan rings is 1. The van der Waals surface area contributed by atoms with Gasteiger partial charge in [-0.2, -0.15) is 0 Å². The summed E-state index contributed by atoms with van der Waals surface area (Å²) in [7, 11) is 0. The lowest BCUT2D eigenvalue weighted by molar-refractivity contribution is 0.0924. The van der Waals surface area contributed by atoms with Crippen molar-refractivity contribution in [1.29, 1.82) is 0 Å². The molecule has 6 heteroatoms. The standard InChI is InChI=1S/C13H18N4O2/c1-8(2)12-15-4-5-17(12)7-10-6-11(13(18)16-14)19-9(10)3/h4-6,8H,7,14H2,1-3H3,(H,16,18). The van der Waals surface area contributed by atoms with Gasteiger partial charge in [0.2, 0.25) is 0 Å². The van der Waals surface area contributed by atoms with Crippen LogP contribution >= 0.6 is 0 Å². The Kier molecular flexibility index (Phi) is 3.71. The number of nitrogens with two attached hydrogens (primary N) is 1. The van der Waals surface area contributed by atoms with Crippen LogP contribution in [0.2, 0.25) is 0 Å². The summed E-state index contributed by atoms with van der Waals surface area (Å²) in [5, 5.41) is 0. The lowest BCUT2D eigenvalue weighted by Crippen LogP contribution is -2.29. The Morgan fingerprint density at radius 2 is 2.32 bits per heavy atom. The Balaban J connectivity index is 2.26. The normalized spacial score (nSPS) is 11.0. The van der Waals surface area contributed by atoms with Gasteiger partial charge in [-0.05, 0) is 13.0 Å². The van der Waals surface area contributed by atoms with Crippen molar-refractivity contribution in [3.05, 3.63) is 41.4 Å². The van der Waals surface area contributed by atoms with Crippen LogP contribution in [0.25, 0.3) is 0 Å². The van der Waals surface area contributed by atoms with E-state index >= 15 is 0 Å². The molecule has 2 rings (SSSR count). The van der Waals surface area contributed by atoms with E-state index in [2.05, 4.69) is 24.3 Å². The van der Waals surface area contributed by atoms with Gasteiger partial charge in [0.05, 0.1) is 6.54 Å². The summed E-state index contributed by atoms with van der Waals surface area (Å²) >= 11 is 0. The maximum atomic E-state index is 11.4. The fourth-order valence-electron chi connectivity index (χ4n) is 2.00. The molecule has 0 saturated carbocycles. The highest BCUT2D eigenvalue weighted by Crippen LogP contribution is 2.19. The molecule has 0 radical (unpaired) electrons. The molecule has 0 aliphatic carbocycles. The van der Waals surface area contributed by atoms with Gasteiger partial charge < -0.3 is 8.98 Å². The number of nitrogens with zero attached hydrogens (tertiary/aromatic N) is 2. The van der Waals surface area contributed by atoms with Crippen LogP contribution in [0, 0.1) is 6.92 Å². The van der Waals surface area contributed by atoms with Crippen molar-refractivity contribution in [2.24, 2.45) is 5.84 Å². The van der Waals surface area contributed by atoms with Gasteiger partial charge in [0.15, 0.2) is 5.76 Å². The summed E-state index contributed by atoms with van der Waals surface area (Å²) in [6.07, 6.45) is 3.70. The zero-order valence-corrected chi connectivity index (χ0v) is 11.3. The van der Waals surface area contributed by atoms with Gasteiger partial charge in [-0.3, -0.25) is 10.2 Å². The number of amides is 1. The van der Waals surface area contributed by atoms with Gasteiger partial charge in [-0.15, -0.1) is 0 Å². The number of nitrogens with one attached hydrogen (secondary N) is 1. The van der Waals surface area contributed by atoms with E-state index in [9.17, 15) is 4.79 Å². The van der Waals surface area contributed by atoms with E-state index in [-0.39, 0.29) is 5.76 Å². The summed E-state index contributed by atoms with van der Waals surface area (Å²) in [6.45, 7) is 6.64. The molecule has 0 unspecified atom stereocenters. The first-order valence-corrected chi connectivity index (χ1v) is 6.14. The summed E-state index contributed by atoms with van der Waals surface area (Å²) in [6, 6.07) is 1.71. The number of imidazole rings is 1. The zero-order chi connectivity index (χ0) is 14.0. The summed E-state index contributed by atoms with van der Waals surface area (Å²) in [5.74, 6) is 6.94. The van der Waals surface area contributed by atoms with Crippen LogP contribution in [0.5, 0.6) is 0 Å². The Morgan fingerprint density at radius 1 is 1.58 bits per heavy atom. The molecule has 0 atom stereocenters. The Labute approximate surface area is 111 Å². The van der Waals surface area contributed by atoms with Crippen molar-refractivity contribution in [2.45, 2.75) is 33.2 Å². The first-order chi connectivity index (χ1) is 9.02. The van der Waals surface area contributed by atoms with Crippen LogP contribution in [-0.2, 0) is 6.54 Å². The van der Waals surface area contributed by atoms with E-state index in [4.69, 9.17) is 10.3 Å². The number of aryl methyl sites for hydroxylation is 1. The molecule has 19 heavy (non-hydrogen) atoms. The van der Waals surface area contributed by atoms with E-state index < -0.39 is 5.91 Å². The lowest BCUT2D eigenvalue weighted by Gasteiger charge is -2.09. The highest BCUT2D eigenvalue weighted by atomic mass is 16.4. The maximum Gasteiger partial charge on any atom is 0.300 e. The van der Waals surface area contributed by atoms with Gasteiger partial charge in [-0.1, -0.05) is 13.8 Å². The van der Waals surface area contributed by atoms with Crippen LogP contribution in [0.1, 0.15) is 47.5 Å². The molecule has 0 aliphatic rings. The third-order valence-corrected chi connectivity index (χ3v) is 2.98. The predicted octanol–water partition coefficient (Wildman–Crippen LogP) is 1.56. The molecule has 0 bridgehead atoms. The van der Waals surface area contributed by atoms with Gasteiger partial charge in [0, 0.05) is 23.9 Å². The number of hydrogen-bond acceptors (Lipinski definition) is 4. The molecule has 2 heterocycles. The van der Waals surface area contributed by atoms with Crippen molar-refractivity contribution < 1.29 is 9.21 Å². The number of carbonyl (C=O) groups excluding carboxylic acids is 1. The lowest BCUT2D eigenvalue weighted by atomic mass is 10.2. The van der Waals surface area contributed by atoms with Crippen LogP contribution in [0.3, 0.4) is 0 Å². The second-order valence-electron chi connectivity index (χ2n) is 4.73. The monoisotopic (exact) mass is 262 g/mol. The van der Waals surface area contributed by atoms with Crippen molar-refractivity contribution >= 4 is 5.91 Å². The molecule has 102 valence electrons. The van der Waals surface area contributed by atoms with Crippen LogP contribution in [-0.4, -0.2) is 15.5 Å². The fraction of sp³-hybridized carbons (Fsp3) is 0.385. The highest BCUT2D eigenvalue weighted by molar-refractivity contribution is 5.91. The Morgan fingerprint density at radius 3 is 2.95 bits per heavy atom. The second kappa shape index (κ2) is 5.27. The summed E-state index contributed by atoms with van der Waals surface area (Å²) < 4.78 is 7.44. The molecule has 0 saturated heterocycles. The zero-order valence-electron chi connectivity index (χ0n) is 11.3. The first kappa shape index (κ1) is 13.4. The molecule has 0 aromatic carbocycles. The fourth-order valence-corrected chi connectivity index (χ4v) is 2.00. The van der Waals surface area contributed by atoms with Gasteiger partial charge in [0.25, 0.3) is 0 Å². The number of aromatic nitrogens is 2. The average Bonchev–Trinajstić information content (AvgIpc) is 2.96. The molecule has 0 fully saturated rings. The minimum Gasteiger partial charge on any atom is -0.456 e. The number of hydrogen-bond donors (Lipinski definition) is 2. The molecular formula is C13H18N4O2. The quantitative estimate of drug-likeness (QED) is 0.497. The molecule has 0 aliphatic heterocycles. The molecule has 3 N–H and O–H groups in total. The third kappa shape index (κ3) is 2.68. The molecule has 2 aromatic rings. The van der Waals surface area contributed by atoms with E-state index in [1.54, 1.807) is 12.3 Å². The Bertz CT molecular complexity index is 583. The number of nitrogen functional groups attached to an aromatic ring is 1. The summed E-state index contributed by atoms with van der Waals surface area (Å²) in [4.78, 5) is 15.7. The molecular weight excluding hydrogens is 244 g/mol. The van der Waals surface area contributed by atoms with Crippen LogP contribution in [0.15, 0.2) is 22.9 Å². The van der Waals surface area contributed by atoms with Crippen molar-refractivity contribution in [3.63, 3.8) is 0 Å². The van der Waals surface area contributed by atoms with Crippen LogP contribution in [0.4, 0.5) is 0 Å². The van der Waals surface area contributed by atoms with E-state index in [1.807, 2.05) is 17.7 Å². The summed E-state index contributed by atoms with van der Waals surface area (Å²) in [5.41, 5.74) is 3.00. The maximum absolute atomic E-state index is 11.4. The minimum absolute atomic E-state index is 0.223. The van der Waals surface area contributed by atoms with Crippen molar-refractivity contribution in [3.8, 4) is 0 Å². The molecule has 2 aromatic heterocycles. The van der Waals surface area contributed by atoms with Crippen LogP contribution < -0.4 is 11.3 Å². The molecule has 0 spiro atoms. The van der Waals surface area contributed by atoms with Gasteiger partial charge in [-0.25, -0.2) is 10.8 Å². The smallest absolute Gasteiger partial charge is 0.300 e. The van der Waals surface area contributed by atoms with Gasteiger partial charge in [0.1, 0.15) is 11.6 Å². The van der Waals surface area contributed by atoms with Crippen molar-refractivity contribution in [2.75, 3.05) is 0 Å². The van der Waals surface area contributed by atoms with E-state index in [0.717, 1.165) is 11.4 Å².